The standard InChI is InChI=1S/C22H25N3O3S2/c1-16(17-9-11-19(12-10-17)30(3,27)28)25(2)15-20(26)24-21(22-23-13-14-29-22)18-7-5-4-6-8-18/h4-14,16,21H,15H2,1-3H3,(H,24,26). The molecule has 0 saturated carbocycles. The molecule has 0 saturated heterocycles. The molecule has 1 aromatic heterocycles. The van der Waals surface area contributed by atoms with Crippen LogP contribution in [0.15, 0.2) is 71.1 Å². The number of rotatable bonds is 8. The van der Waals surface area contributed by atoms with Crippen molar-refractivity contribution in [1.29, 1.82) is 0 Å². The zero-order chi connectivity index (χ0) is 21.7. The van der Waals surface area contributed by atoms with Crippen molar-refractivity contribution >= 4 is 27.1 Å². The number of carbonyl (C=O) groups is 1. The summed E-state index contributed by atoms with van der Waals surface area (Å²) in [5.74, 6) is -0.110. The Labute approximate surface area is 181 Å². The first-order chi connectivity index (χ1) is 14.3. The van der Waals surface area contributed by atoms with Crippen molar-refractivity contribution in [1.82, 2.24) is 15.2 Å². The first-order valence-corrected chi connectivity index (χ1v) is 12.3. The SMILES string of the molecule is CC(c1ccc(S(C)(=O)=O)cc1)N(C)CC(=O)NC(c1ccccc1)c1nccs1. The molecule has 2 aromatic carbocycles. The highest BCUT2D eigenvalue weighted by molar-refractivity contribution is 7.90. The van der Waals surface area contributed by atoms with Crippen molar-refractivity contribution in [3.05, 3.63) is 82.3 Å². The van der Waals surface area contributed by atoms with Crippen LogP contribution < -0.4 is 5.32 Å². The fourth-order valence-corrected chi connectivity index (χ4v) is 4.47. The van der Waals surface area contributed by atoms with Crippen LogP contribution in [0.25, 0.3) is 0 Å². The van der Waals surface area contributed by atoms with Crippen LogP contribution in [0.1, 0.15) is 35.1 Å². The second kappa shape index (κ2) is 9.51. The third-order valence-electron chi connectivity index (χ3n) is 4.98. The van der Waals surface area contributed by atoms with Gasteiger partial charge in [0.25, 0.3) is 0 Å². The van der Waals surface area contributed by atoms with Gasteiger partial charge in [-0.15, -0.1) is 11.3 Å². The maximum absolute atomic E-state index is 12.8. The van der Waals surface area contributed by atoms with Gasteiger partial charge in [0, 0.05) is 23.9 Å². The van der Waals surface area contributed by atoms with Gasteiger partial charge in [-0.1, -0.05) is 42.5 Å². The topological polar surface area (TPSA) is 79.4 Å². The highest BCUT2D eigenvalue weighted by Crippen LogP contribution is 2.24. The van der Waals surface area contributed by atoms with Crippen molar-refractivity contribution < 1.29 is 13.2 Å². The molecule has 0 aliphatic heterocycles. The summed E-state index contributed by atoms with van der Waals surface area (Å²) in [6.07, 6.45) is 2.92. The van der Waals surface area contributed by atoms with E-state index in [-0.39, 0.29) is 29.4 Å². The molecule has 3 rings (SSSR count). The van der Waals surface area contributed by atoms with Gasteiger partial charge in [0.05, 0.1) is 11.4 Å². The minimum Gasteiger partial charge on any atom is -0.342 e. The fourth-order valence-electron chi connectivity index (χ4n) is 3.13. The monoisotopic (exact) mass is 443 g/mol. The highest BCUT2D eigenvalue weighted by atomic mass is 32.2. The predicted molar refractivity (Wildman–Crippen MR) is 119 cm³/mol. The molecule has 0 fully saturated rings. The number of nitrogens with zero attached hydrogens (tertiary/aromatic N) is 2. The molecule has 0 bridgehead atoms. The van der Waals surface area contributed by atoms with Gasteiger partial charge >= 0.3 is 0 Å². The van der Waals surface area contributed by atoms with Crippen LogP contribution in [0.4, 0.5) is 0 Å². The summed E-state index contributed by atoms with van der Waals surface area (Å²) in [6, 6.07) is 16.2. The Bertz CT molecular complexity index is 1070. The summed E-state index contributed by atoms with van der Waals surface area (Å²) < 4.78 is 23.3. The molecule has 0 aliphatic rings. The van der Waals surface area contributed by atoms with Gasteiger partial charge in [-0.3, -0.25) is 9.69 Å². The van der Waals surface area contributed by atoms with Gasteiger partial charge in [0.15, 0.2) is 9.84 Å². The second-order valence-corrected chi connectivity index (χ2v) is 10.2. The number of benzene rings is 2. The van der Waals surface area contributed by atoms with Crippen LogP contribution in [0, 0.1) is 0 Å². The zero-order valence-corrected chi connectivity index (χ0v) is 18.8. The zero-order valence-electron chi connectivity index (χ0n) is 17.1. The van der Waals surface area contributed by atoms with Crippen LogP contribution in [-0.2, 0) is 14.6 Å². The molecule has 3 aromatic rings. The van der Waals surface area contributed by atoms with E-state index < -0.39 is 9.84 Å². The normalized spacial score (nSPS) is 13.7. The number of nitrogens with one attached hydrogen (secondary N) is 1. The number of thiazole rings is 1. The van der Waals surface area contributed by atoms with Crippen LogP contribution in [0.2, 0.25) is 0 Å². The fraction of sp³-hybridized carbons (Fsp3) is 0.273. The molecule has 0 spiro atoms. The lowest BCUT2D eigenvalue weighted by Gasteiger charge is -2.26. The molecule has 1 amide bonds. The van der Waals surface area contributed by atoms with Gasteiger partial charge in [-0.05, 0) is 37.2 Å². The number of likely N-dealkylation sites (N-methyl/N-ethyl adjacent to an activating group) is 1. The van der Waals surface area contributed by atoms with E-state index in [9.17, 15) is 13.2 Å². The number of hydrogen-bond donors (Lipinski definition) is 1. The van der Waals surface area contributed by atoms with Crippen molar-refractivity contribution in [2.75, 3.05) is 19.8 Å². The van der Waals surface area contributed by atoms with Crippen molar-refractivity contribution in [2.45, 2.75) is 23.9 Å². The predicted octanol–water partition coefficient (Wildman–Crippen LogP) is 3.45. The van der Waals surface area contributed by atoms with E-state index in [0.29, 0.717) is 0 Å². The smallest absolute Gasteiger partial charge is 0.235 e. The maximum atomic E-state index is 12.8. The highest BCUT2D eigenvalue weighted by Gasteiger charge is 2.21. The third kappa shape index (κ3) is 5.53. The molecule has 2 unspecified atom stereocenters. The maximum Gasteiger partial charge on any atom is 0.235 e. The number of hydrogen-bond acceptors (Lipinski definition) is 6. The molecular formula is C22H25N3O3S2. The minimum absolute atomic E-state index is 0.0561. The van der Waals surface area contributed by atoms with E-state index in [2.05, 4.69) is 10.3 Å². The summed E-state index contributed by atoms with van der Waals surface area (Å²) >= 11 is 1.50. The van der Waals surface area contributed by atoms with Crippen molar-refractivity contribution in [3.8, 4) is 0 Å². The molecule has 0 aliphatic carbocycles. The van der Waals surface area contributed by atoms with Gasteiger partial charge in [0.2, 0.25) is 5.91 Å². The number of carbonyl (C=O) groups excluding carboxylic acids is 1. The Morgan fingerprint density at radius 2 is 1.77 bits per heavy atom. The third-order valence-corrected chi connectivity index (χ3v) is 6.95. The van der Waals surface area contributed by atoms with Crippen LogP contribution in [0.3, 0.4) is 0 Å². The number of sulfone groups is 1. The van der Waals surface area contributed by atoms with E-state index in [1.54, 1.807) is 30.5 Å². The average molecular weight is 444 g/mol. The Morgan fingerprint density at radius 1 is 1.10 bits per heavy atom. The van der Waals surface area contributed by atoms with E-state index in [1.165, 1.54) is 17.6 Å². The molecule has 30 heavy (non-hydrogen) atoms. The molecule has 158 valence electrons. The Kier molecular flexibility index (Phi) is 7.02. The number of aromatic nitrogens is 1. The first kappa shape index (κ1) is 22.1. The molecule has 6 nitrogen and oxygen atoms in total. The van der Waals surface area contributed by atoms with Gasteiger partial charge in [0.1, 0.15) is 11.0 Å². The first-order valence-electron chi connectivity index (χ1n) is 9.49. The van der Waals surface area contributed by atoms with Crippen molar-refractivity contribution in [3.63, 3.8) is 0 Å². The van der Waals surface area contributed by atoms with E-state index in [0.717, 1.165) is 16.1 Å². The minimum atomic E-state index is -3.23. The van der Waals surface area contributed by atoms with Crippen molar-refractivity contribution in [2.24, 2.45) is 0 Å². The van der Waals surface area contributed by atoms with Gasteiger partial charge in [-0.2, -0.15) is 0 Å². The van der Waals surface area contributed by atoms with Crippen LogP contribution in [-0.4, -0.2) is 44.1 Å². The van der Waals surface area contributed by atoms with E-state index >= 15 is 0 Å². The summed E-state index contributed by atoms with van der Waals surface area (Å²) in [4.78, 5) is 19.4. The van der Waals surface area contributed by atoms with E-state index in [4.69, 9.17) is 0 Å². The van der Waals surface area contributed by atoms with Crippen LogP contribution >= 0.6 is 11.3 Å². The number of amides is 1. The summed E-state index contributed by atoms with van der Waals surface area (Å²) in [5.41, 5.74) is 1.92. The average Bonchev–Trinajstić information content (AvgIpc) is 3.26. The summed E-state index contributed by atoms with van der Waals surface area (Å²) in [7, 11) is -1.36. The second-order valence-electron chi connectivity index (χ2n) is 7.21. The Balaban J connectivity index is 1.68. The van der Waals surface area contributed by atoms with Gasteiger partial charge < -0.3 is 5.32 Å². The molecule has 0 radical (unpaired) electrons. The van der Waals surface area contributed by atoms with E-state index in [1.807, 2.05) is 54.6 Å². The van der Waals surface area contributed by atoms with Gasteiger partial charge in [-0.25, -0.2) is 13.4 Å². The lowest BCUT2D eigenvalue weighted by Crippen LogP contribution is -2.38. The quantitative estimate of drug-likeness (QED) is 0.577. The molecular weight excluding hydrogens is 418 g/mol. The lowest BCUT2D eigenvalue weighted by molar-refractivity contribution is -0.122. The lowest BCUT2D eigenvalue weighted by atomic mass is 10.1. The summed E-state index contributed by atoms with van der Waals surface area (Å²) in [5, 5.41) is 5.82. The molecule has 2 atom stereocenters. The Hall–Kier alpha value is -2.55. The summed E-state index contributed by atoms with van der Waals surface area (Å²) in [6.45, 7) is 2.18. The molecule has 8 heteroatoms. The Morgan fingerprint density at radius 3 is 2.33 bits per heavy atom. The largest absolute Gasteiger partial charge is 0.342 e. The molecule has 1 N–H and O–H groups in total. The van der Waals surface area contributed by atoms with Crippen LogP contribution in [0.5, 0.6) is 0 Å². The molecule has 1 heterocycles.